The van der Waals surface area contributed by atoms with Crippen molar-refractivity contribution in [3.8, 4) is 0 Å². The van der Waals surface area contributed by atoms with Gasteiger partial charge >= 0.3 is 5.97 Å². The van der Waals surface area contributed by atoms with Gasteiger partial charge in [0, 0.05) is 37.6 Å². The van der Waals surface area contributed by atoms with Gasteiger partial charge in [-0.3, -0.25) is 14.5 Å². The van der Waals surface area contributed by atoms with E-state index >= 15 is 0 Å². The van der Waals surface area contributed by atoms with Gasteiger partial charge in [0.15, 0.2) is 12.3 Å². The van der Waals surface area contributed by atoms with Gasteiger partial charge in [0.05, 0.1) is 18.6 Å². The highest BCUT2D eigenvalue weighted by Crippen LogP contribution is 2.33. The van der Waals surface area contributed by atoms with Crippen molar-refractivity contribution < 1.29 is 19.1 Å². The van der Waals surface area contributed by atoms with Crippen LogP contribution in [-0.4, -0.2) is 71.6 Å². The summed E-state index contributed by atoms with van der Waals surface area (Å²) < 4.78 is 11.9. The van der Waals surface area contributed by atoms with Crippen LogP contribution in [0.2, 0.25) is 0 Å². The third-order valence-corrected chi connectivity index (χ3v) is 6.57. The summed E-state index contributed by atoms with van der Waals surface area (Å²) in [5.74, 6) is -1.07. The first kappa shape index (κ1) is 22.4. The summed E-state index contributed by atoms with van der Waals surface area (Å²) in [6, 6.07) is 6.73. The van der Waals surface area contributed by atoms with Gasteiger partial charge in [-0.1, -0.05) is 37.5 Å². The number of amides is 1. The fourth-order valence-electron chi connectivity index (χ4n) is 4.82. The van der Waals surface area contributed by atoms with Gasteiger partial charge in [-0.05, 0) is 18.9 Å². The molecule has 1 saturated carbocycles. The molecule has 1 saturated heterocycles. The maximum absolute atomic E-state index is 12.6. The van der Waals surface area contributed by atoms with E-state index < -0.39 is 12.6 Å². The molecular formula is C23H30N4O5. The van der Waals surface area contributed by atoms with Crippen LogP contribution in [0.1, 0.15) is 42.6 Å². The molecule has 2 aliphatic rings. The first-order chi connectivity index (χ1) is 15.5. The number of carbonyl (C=O) groups is 2. The largest absolute Gasteiger partial charge is 0.451 e. The molecule has 1 aliphatic carbocycles. The number of ether oxygens (including phenoxy) is 2. The summed E-state index contributed by atoms with van der Waals surface area (Å²) in [6.45, 7) is 3.32. The van der Waals surface area contributed by atoms with Gasteiger partial charge in [-0.25, -0.2) is 9.48 Å². The summed E-state index contributed by atoms with van der Waals surface area (Å²) in [5, 5.41) is 7.82. The number of hydrogen-bond acceptors (Lipinski definition) is 7. The zero-order chi connectivity index (χ0) is 22.6. The lowest BCUT2D eigenvalue weighted by atomic mass is 9.79. The molecule has 1 aliphatic heterocycles. The molecule has 1 amide bonds. The smallest absolute Gasteiger partial charge is 0.359 e. The Hall–Kier alpha value is -2.78. The van der Waals surface area contributed by atoms with Crippen molar-refractivity contribution >= 4 is 22.6 Å². The molecule has 4 rings (SSSR count). The Balaban J connectivity index is 1.38. The molecular weight excluding hydrogens is 412 g/mol. The minimum Gasteiger partial charge on any atom is -0.451 e. The van der Waals surface area contributed by atoms with E-state index in [1.54, 1.807) is 24.3 Å². The summed E-state index contributed by atoms with van der Waals surface area (Å²) in [5.41, 5.74) is -0.333. The molecule has 0 atom stereocenters. The fraction of sp³-hybridized carbons (Fsp3) is 0.565. The average molecular weight is 443 g/mol. The maximum Gasteiger partial charge on any atom is 0.359 e. The minimum atomic E-state index is -0.729. The lowest BCUT2D eigenvalue weighted by Crippen LogP contribution is -2.59. The Morgan fingerprint density at radius 2 is 1.81 bits per heavy atom. The molecule has 1 N–H and O–H groups in total. The number of esters is 1. The molecule has 0 unspecified atom stereocenters. The second kappa shape index (κ2) is 9.79. The van der Waals surface area contributed by atoms with Gasteiger partial charge < -0.3 is 14.8 Å². The second-order valence-electron chi connectivity index (χ2n) is 8.56. The normalized spacial score (nSPS) is 18.9. The number of morpholine rings is 1. The van der Waals surface area contributed by atoms with Crippen LogP contribution < -0.4 is 10.9 Å². The molecule has 1 aromatic carbocycles. The number of fused-ring (bicyclic) bond motifs is 1. The Morgan fingerprint density at radius 1 is 1.12 bits per heavy atom. The van der Waals surface area contributed by atoms with Crippen LogP contribution in [-0.2, 0) is 21.3 Å². The highest BCUT2D eigenvalue weighted by molar-refractivity contribution is 6.02. The van der Waals surface area contributed by atoms with Crippen molar-refractivity contribution in [2.75, 3.05) is 39.5 Å². The summed E-state index contributed by atoms with van der Waals surface area (Å²) in [4.78, 5) is 39.8. The number of nitrogens with one attached hydrogen (secondary N) is 1. The number of rotatable bonds is 6. The number of hydrogen-bond donors (Lipinski definition) is 1. The van der Waals surface area contributed by atoms with Gasteiger partial charge in [-0.2, -0.15) is 5.10 Å². The lowest BCUT2D eigenvalue weighted by molar-refractivity contribution is -0.125. The van der Waals surface area contributed by atoms with Crippen LogP contribution in [0.3, 0.4) is 0 Å². The lowest BCUT2D eigenvalue weighted by Gasteiger charge is -2.48. The molecule has 9 heteroatoms. The average Bonchev–Trinajstić information content (AvgIpc) is 2.84. The zero-order valence-corrected chi connectivity index (χ0v) is 18.5. The van der Waals surface area contributed by atoms with Gasteiger partial charge in [0.1, 0.15) is 0 Å². The van der Waals surface area contributed by atoms with Crippen LogP contribution in [0.25, 0.3) is 10.8 Å². The quantitative estimate of drug-likeness (QED) is 0.672. The second-order valence-corrected chi connectivity index (χ2v) is 8.56. The minimum absolute atomic E-state index is 0.0209. The number of carbonyl (C=O) groups excluding carboxylic acids is 2. The molecule has 2 aromatic rings. The first-order valence-corrected chi connectivity index (χ1v) is 11.2. The first-order valence-electron chi connectivity index (χ1n) is 11.2. The molecule has 172 valence electrons. The molecule has 2 fully saturated rings. The van der Waals surface area contributed by atoms with Crippen molar-refractivity contribution in [1.82, 2.24) is 20.0 Å². The van der Waals surface area contributed by atoms with Crippen LogP contribution >= 0.6 is 0 Å². The molecule has 32 heavy (non-hydrogen) atoms. The van der Waals surface area contributed by atoms with Crippen molar-refractivity contribution in [1.29, 1.82) is 0 Å². The van der Waals surface area contributed by atoms with E-state index in [2.05, 4.69) is 15.3 Å². The summed E-state index contributed by atoms with van der Waals surface area (Å²) >= 11 is 0. The van der Waals surface area contributed by atoms with Crippen LogP contribution in [0.15, 0.2) is 29.1 Å². The Labute approximate surface area is 186 Å². The third-order valence-electron chi connectivity index (χ3n) is 6.57. The monoisotopic (exact) mass is 442 g/mol. The predicted octanol–water partition coefficient (Wildman–Crippen LogP) is 1.24. The number of aromatic nitrogens is 2. The van der Waals surface area contributed by atoms with Gasteiger partial charge in [0.25, 0.3) is 11.5 Å². The number of nitrogens with zero attached hydrogens (tertiary/aromatic N) is 3. The van der Waals surface area contributed by atoms with Gasteiger partial charge in [-0.15, -0.1) is 0 Å². The van der Waals surface area contributed by atoms with E-state index in [0.717, 1.165) is 43.5 Å². The highest BCUT2D eigenvalue weighted by Gasteiger charge is 2.38. The van der Waals surface area contributed by atoms with Crippen molar-refractivity contribution in [2.24, 2.45) is 7.05 Å². The third kappa shape index (κ3) is 4.68. The molecule has 0 bridgehead atoms. The Bertz CT molecular complexity index is 1040. The Morgan fingerprint density at radius 3 is 2.53 bits per heavy atom. The van der Waals surface area contributed by atoms with Crippen molar-refractivity contribution in [3.05, 3.63) is 40.3 Å². The van der Waals surface area contributed by atoms with E-state index in [1.165, 1.54) is 13.5 Å². The topological polar surface area (TPSA) is 103 Å². The van der Waals surface area contributed by atoms with E-state index in [-0.39, 0.29) is 22.7 Å². The van der Waals surface area contributed by atoms with E-state index in [9.17, 15) is 14.4 Å². The zero-order valence-electron chi connectivity index (χ0n) is 18.5. The Kier molecular flexibility index (Phi) is 6.86. The summed E-state index contributed by atoms with van der Waals surface area (Å²) in [7, 11) is 1.48. The van der Waals surface area contributed by atoms with E-state index in [0.29, 0.717) is 30.5 Å². The number of benzene rings is 1. The van der Waals surface area contributed by atoms with Crippen LogP contribution in [0.5, 0.6) is 0 Å². The standard InChI is InChI=1S/C23H30N4O5/c1-26-21(29)18-8-4-3-7-17(18)20(25-26)22(30)32-15-19(28)24-16-23(9-5-2-6-10-23)27-11-13-31-14-12-27/h3-4,7-8H,2,5-6,9-16H2,1H3,(H,24,28). The van der Waals surface area contributed by atoms with E-state index in [1.807, 2.05) is 0 Å². The predicted molar refractivity (Wildman–Crippen MR) is 118 cm³/mol. The fourth-order valence-corrected chi connectivity index (χ4v) is 4.82. The molecule has 9 nitrogen and oxygen atoms in total. The maximum atomic E-state index is 12.6. The molecule has 1 aromatic heterocycles. The molecule has 0 spiro atoms. The van der Waals surface area contributed by atoms with Gasteiger partial charge in [0.2, 0.25) is 0 Å². The highest BCUT2D eigenvalue weighted by atomic mass is 16.5. The molecule has 0 radical (unpaired) electrons. The molecule has 2 heterocycles. The van der Waals surface area contributed by atoms with Crippen molar-refractivity contribution in [3.63, 3.8) is 0 Å². The number of aryl methyl sites for hydroxylation is 1. The van der Waals surface area contributed by atoms with Crippen LogP contribution in [0.4, 0.5) is 0 Å². The van der Waals surface area contributed by atoms with Crippen LogP contribution in [0, 0.1) is 0 Å². The summed E-state index contributed by atoms with van der Waals surface area (Å²) in [6.07, 6.45) is 5.60. The SMILES string of the molecule is Cn1nc(C(=O)OCC(=O)NCC2(N3CCOCC3)CCCCC2)c2ccccc2c1=O. The van der Waals surface area contributed by atoms with E-state index in [4.69, 9.17) is 9.47 Å². The van der Waals surface area contributed by atoms with Crippen molar-refractivity contribution in [2.45, 2.75) is 37.6 Å².